The highest BCUT2D eigenvalue weighted by molar-refractivity contribution is 6.67. The van der Waals surface area contributed by atoms with Gasteiger partial charge in [-0.2, -0.15) is 5.26 Å². The number of hydrogen-bond acceptors (Lipinski definition) is 10. The van der Waals surface area contributed by atoms with Gasteiger partial charge in [-0.05, 0) is 91.4 Å². The van der Waals surface area contributed by atoms with Gasteiger partial charge in [0.1, 0.15) is 28.8 Å². The molecular weight excluding hydrogens is 689 g/mol. The van der Waals surface area contributed by atoms with Gasteiger partial charge in [-0.1, -0.05) is 60.3 Å². The number of benzene rings is 1. The van der Waals surface area contributed by atoms with Gasteiger partial charge in [-0.3, -0.25) is 4.98 Å². The summed E-state index contributed by atoms with van der Waals surface area (Å²) in [5.41, 5.74) is -1.48. The van der Waals surface area contributed by atoms with E-state index >= 15 is 0 Å². The maximum atomic E-state index is 13.9. The van der Waals surface area contributed by atoms with E-state index in [0.29, 0.717) is 29.5 Å². The molecular formula is C42H54N2O8Si. The predicted octanol–water partition coefficient (Wildman–Crippen LogP) is 8.52. The van der Waals surface area contributed by atoms with E-state index in [1.54, 1.807) is 62.0 Å². The maximum Gasteiger partial charge on any atom is 0.345 e. The van der Waals surface area contributed by atoms with E-state index in [9.17, 15) is 20.0 Å². The molecule has 7 atom stereocenters. The van der Waals surface area contributed by atoms with Crippen molar-refractivity contribution in [1.29, 1.82) is 5.26 Å². The van der Waals surface area contributed by atoms with Gasteiger partial charge < -0.3 is 27.8 Å². The minimum atomic E-state index is -2.56. The number of pyridine rings is 1. The van der Waals surface area contributed by atoms with Gasteiger partial charge in [-0.25, -0.2) is 9.59 Å². The number of carbonyl (C=O) groups excluding carboxylic acids is 1. The summed E-state index contributed by atoms with van der Waals surface area (Å²) in [6, 6.07) is 15.5. The minimum Gasteiger partial charge on any atom is -0.482 e. The van der Waals surface area contributed by atoms with E-state index in [1.165, 1.54) is 0 Å². The van der Waals surface area contributed by atoms with Crippen LogP contribution in [0.3, 0.4) is 0 Å². The first-order valence-electron chi connectivity index (χ1n) is 19.2. The van der Waals surface area contributed by atoms with Gasteiger partial charge in [0.25, 0.3) is 0 Å². The van der Waals surface area contributed by atoms with Crippen LogP contribution in [0.15, 0.2) is 64.1 Å². The molecule has 3 aliphatic rings. The molecule has 0 saturated heterocycles. The number of nitrogens with zero attached hydrogens (tertiary/aromatic N) is 2. The Balaban J connectivity index is 1.43. The monoisotopic (exact) mass is 742 g/mol. The molecule has 53 heavy (non-hydrogen) atoms. The van der Waals surface area contributed by atoms with Crippen LogP contribution in [0.5, 0.6) is 5.75 Å². The van der Waals surface area contributed by atoms with Crippen molar-refractivity contribution in [3.8, 4) is 23.1 Å². The van der Waals surface area contributed by atoms with Crippen LogP contribution in [-0.4, -0.2) is 49.5 Å². The smallest absolute Gasteiger partial charge is 0.345 e. The molecule has 0 bridgehead atoms. The van der Waals surface area contributed by atoms with Gasteiger partial charge in [-0.15, -0.1) is 0 Å². The van der Waals surface area contributed by atoms with Gasteiger partial charge in [0.15, 0.2) is 0 Å². The van der Waals surface area contributed by atoms with Crippen LogP contribution in [0.25, 0.3) is 11.3 Å². The normalized spacial score (nSPS) is 28.8. The molecule has 0 spiro atoms. The Hall–Kier alpha value is -3.82. The summed E-state index contributed by atoms with van der Waals surface area (Å²) in [6.07, 6.45) is 7.13. The number of aliphatic hydroxyl groups excluding tert-OH is 1. The molecule has 3 aromatic rings. The second-order valence-corrected chi connectivity index (χ2v) is 19.8. The Kier molecular flexibility index (Phi) is 11.1. The lowest BCUT2D eigenvalue weighted by Gasteiger charge is -2.66. The molecule has 10 nitrogen and oxygen atoms in total. The number of hydrogen-bond donors (Lipinski definition) is 1. The zero-order valence-corrected chi connectivity index (χ0v) is 33.1. The summed E-state index contributed by atoms with van der Waals surface area (Å²) in [5.74, 6) is -0.836. The van der Waals surface area contributed by atoms with E-state index < -0.39 is 54.7 Å². The first kappa shape index (κ1) is 38.9. The van der Waals surface area contributed by atoms with Crippen molar-refractivity contribution < 1.29 is 32.6 Å². The van der Waals surface area contributed by atoms with Crippen molar-refractivity contribution in [1.82, 2.24) is 4.98 Å². The number of esters is 1. The van der Waals surface area contributed by atoms with Crippen LogP contribution in [0.1, 0.15) is 114 Å². The molecule has 2 fully saturated rings. The number of carbonyl (C=O) groups is 1. The Labute approximate surface area is 314 Å². The third-order valence-corrected chi connectivity index (χ3v) is 16.5. The van der Waals surface area contributed by atoms with Crippen molar-refractivity contribution in [2.24, 2.45) is 22.7 Å². The van der Waals surface area contributed by atoms with Crippen molar-refractivity contribution in [3.05, 3.63) is 82.0 Å². The highest BCUT2D eigenvalue weighted by Gasteiger charge is 2.70. The van der Waals surface area contributed by atoms with Crippen molar-refractivity contribution in [3.63, 3.8) is 0 Å². The molecule has 2 aliphatic carbocycles. The number of ether oxygens (including phenoxy) is 2. The fourth-order valence-electron chi connectivity index (χ4n) is 9.90. The molecule has 2 saturated carbocycles. The lowest BCUT2D eigenvalue weighted by Crippen LogP contribution is -2.71. The van der Waals surface area contributed by atoms with Crippen LogP contribution in [-0.2, 0) is 13.6 Å². The second kappa shape index (κ2) is 15.1. The SMILES string of the molecule is CCCC[Si](CCCC)(OC)O[C@H]1CC[C@@]2(C)C(C[C@H](OC(=O)c3ccc(C#N)cc3)[C@@]3(C)Oc4cc(-c5cccnc5)oc(=O)c4[C@H](O)C23)C1(C)C. The summed E-state index contributed by atoms with van der Waals surface area (Å²) in [5, 5.41) is 21.8. The molecule has 3 heterocycles. The molecule has 6 rings (SSSR count). The number of unbranched alkanes of at least 4 members (excludes halogenated alkanes) is 2. The zero-order chi connectivity index (χ0) is 38.2. The zero-order valence-electron chi connectivity index (χ0n) is 32.1. The first-order valence-corrected chi connectivity index (χ1v) is 21.4. The Bertz CT molecular complexity index is 1870. The lowest BCUT2D eigenvalue weighted by molar-refractivity contribution is -0.256. The van der Waals surface area contributed by atoms with E-state index in [4.69, 9.17) is 22.7 Å². The van der Waals surface area contributed by atoms with Crippen LogP contribution in [0, 0.1) is 34.0 Å². The van der Waals surface area contributed by atoms with E-state index in [-0.39, 0.29) is 29.1 Å². The van der Waals surface area contributed by atoms with Crippen molar-refractivity contribution in [2.75, 3.05) is 7.11 Å². The lowest BCUT2D eigenvalue weighted by atomic mass is 9.43. The molecule has 2 unspecified atom stereocenters. The van der Waals surface area contributed by atoms with Gasteiger partial charge in [0, 0.05) is 37.1 Å². The highest BCUT2D eigenvalue weighted by Crippen LogP contribution is 2.67. The van der Waals surface area contributed by atoms with Crippen LogP contribution >= 0.6 is 0 Å². The minimum absolute atomic E-state index is 0.0697. The molecule has 0 radical (unpaired) electrons. The second-order valence-electron chi connectivity index (χ2n) is 16.3. The Morgan fingerprint density at radius 1 is 1.08 bits per heavy atom. The summed E-state index contributed by atoms with van der Waals surface area (Å²) in [4.78, 5) is 31.9. The summed E-state index contributed by atoms with van der Waals surface area (Å²) in [6.45, 7) is 12.9. The number of rotatable bonds is 12. The number of nitriles is 1. The van der Waals surface area contributed by atoms with Gasteiger partial charge >= 0.3 is 20.2 Å². The Morgan fingerprint density at radius 3 is 2.38 bits per heavy atom. The fourth-order valence-corrected chi connectivity index (χ4v) is 13.6. The largest absolute Gasteiger partial charge is 0.482 e. The summed E-state index contributed by atoms with van der Waals surface area (Å²) >= 11 is 0. The van der Waals surface area contributed by atoms with Gasteiger partial charge in [0.05, 0.1) is 29.4 Å². The quantitative estimate of drug-likeness (QED) is 0.142. The van der Waals surface area contributed by atoms with Crippen molar-refractivity contribution >= 4 is 14.5 Å². The number of fused-ring (bicyclic) bond motifs is 4. The average molecular weight is 743 g/mol. The highest BCUT2D eigenvalue weighted by atomic mass is 28.4. The fraction of sp³-hybridized carbons (Fsp3) is 0.571. The molecule has 1 aromatic carbocycles. The molecule has 11 heteroatoms. The van der Waals surface area contributed by atoms with Crippen LogP contribution in [0.2, 0.25) is 12.1 Å². The van der Waals surface area contributed by atoms with Crippen molar-refractivity contribution in [2.45, 2.75) is 122 Å². The predicted molar refractivity (Wildman–Crippen MR) is 202 cm³/mol. The average Bonchev–Trinajstić information content (AvgIpc) is 3.14. The van der Waals surface area contributed by atoms with E-state index in [1.807, 2.05) is 6.92 Å². The number of aliphatic hydroxyl groups is 1. The Morgan fingerprint density at radius 2 is 1.77 bits per heavy atom. The molecule has 284 valence electrons. The topological polar surface area (TPSA) is 141 Å². The standard InChI is InChI=1S/C42H54N2O8Si/c1-8-10-21-53(48-7,22-11-9-2)52-33-18-19-41(5)32(40(33,3)4)24-34(50-38(46)28-16-14-27(25-43)15-17-28)42(6)37(41)36(45)35-31(51-42)23-30(49-39(35)47)29-13-12-20-44-26-29/h12-17,20,23,26,32-34,36-37,45H,8-11,18-19,21-22,24H2,1-7H3/t32?,33-,34-,36-,37?,41-,42+/m0/s1. The third kappa shape index (κ3) is 7.00. The van der Waals surface area contributed by atoms with Crippen LogP contribution < -0.4 is 10.4 Å². The van der Waals surface area contributed by atoms with E-state index in [0.717, 1.165) is 44.2 Å². The molecule has 0 amide bonds. The number of aromatic nitrogens is 1. The molecule has 2 aromatic heterocycles. The maximum absolute atomic E-state index is 13.9. The van der Waals surface area contributed by atoms with E-state index in [2.05, 4.69) is 45.7 Å². The summed E-state index contributed by atoms with van der Waals surface area (Å²) < 4.78 is 32.8. The molecule has 1 N–H and O–H groups in total. The van der Waals surface area contributed by atoms with Gasteiger partial charge in [0.2, 0.25) is 0 Å². The molecule has 1 aliphatic heterocycles. The third-order valence-electron chi connectivity index (χ3n) is 12.8. The first-order chi connectivity index (χ1) is 25.3. The summed E-state index contributed by atoms with van der Waals surface area (Å²) in [7, 11) is -0.749. The van der Waals surface area contributed by atoms with Crippen LogP contribution in [0.4, 0.5) is 0 Å².